The van der Waals surface area contributed by atoms with Crippen molar-refractivity contribution in [2.24, 2.45) is 5.10 Å². The second kappa shape index (κ2) is 9.05. The van der Waals surface area contributed by atoms with Gasteiger partial charge in [0.2, 0.25) is 0 Å². The van der Waals surface area contributed by atoms with Crippen LogP contribution in [0, 0.1) is 4.77 Å². The van der Waals surface area contributed by atoms with Crippen molar-refractivity contribution >= 4 is 23.8 Å². The largest absolute Gasteiger partial charge is 0.295 e. The molecule has 0 aliphatic carbocycles. The molecule has 2 aromatic carbocycles. The maximum Gasteiger partial charge on any atom is 0.260 e. The van der Waals surface area contributed by atoms with E-state index in [0.717, 1.165) is 29.8 Å². The Morgan fingerprint density at radius 2 is 1.70 bits per heavy atom. The molecule has 1 heterocycles. The summed E-state index contributed by atoms with van der Waals surface area (Å²) < 4.78 is 2.14. The lowest BCUT2D eigenvalue weighted by atomic mass is 10.0. The fourth-order valence-corrected chi connectivity index (χ4v) is 2.93. The number of nitrogens with zero attached hydrogens (tertiary/aromatic N) is 3. The van der Waals surface area contributed by atoms with E-state index in [1.165, 1.54) is 0 Å². The SMILES string of the molecule is CCCc1n[nH]c(=S)n1CC(=O)NN=C(c1ccccc1)c1ccccc1. The van der Waals surface area contributed by atoms with Gasteiger partial charge in [0, 0.05) is 17.5 Å². The molecule has 0 radical (unpaired) electrons. The van der Waals surface area contributed by atoms with Crippen molar-refractivity contribution in [1.82, 2.24) is 20.2 Å². The average Bonchev–Trinajstić information content (AvgIpc) is 3.04. The van der Waals surface area contributed by atoms with Crippen LogP contribution in [0.1, 0.15) is 30.3 Å². The van der Waals surface area contributed by atoms with Crippen molar-refractivity contribution in [3.63, 3.8) is 0 Å². The summed E-state index contributed by atoms with van der Waals surface area (Å²) in [6.07, 6.45) is 1.68. The molecular formula is C20H21N5OS. The van der Waals surface area contributed by atoms with Crippen LogP contribution in [0.5, 0.6) is 0 Å². The number of H-pyrrole nitrogens is 1. The number of aryl methyl sites for hydroxylation is 1. The van der Waals surface area contributed by atoms with E-state index in [2.05, 4.69) is 27.6 Å². The monoisotopic (exact) mass is 379 g/mol. The Kier molecular flexibility index (Phi) is 6.27. The van der Waals surface area contributed by atoms with Crippen molar-refractivity contribution in [3.05, 3.63) is 82.4 Å². The number of hydrogen-bond donors (Lipinski definition) is 2. The Balaban J connectivity index is 1.82. The van der Waals surface area contributed by atoms with Gasteiger partial charge in [-0.25, -0.2) is 5.43 Å². The Bertz CT molecular complexity index is 935. The number of hydrazone groups is 1. The molecule has 7 heteroatoms. The molecule has 2 N–H and O–H groups in total. The first-order valence-corrected chi connectivity index (χ1v) is 9.21. The van der Waals surface area contributed by atoms with Gasteiger partial charge in [0.05, 0.1) is 5.71 Å². The topological polar surface area (TPSA) is 75.1 Å². The first kappa shape index (κ1) is 18.7. The molecule has 138 valence electrons. The average molecular weight is 379 g/mol. The van der Waals surface area contributed by atoms with Gasteiger partial charge in [-0.05, 0) is 18.6 Å². The van der Waals surface area contributed by atoms with Crippen molar-refractivity contribution in [2.75, 3.05) is 0 Å². The van der Waals surface area contributed by atoms with Gasteiger partial charge in [0.25, 0.3) is 5.91 Å². The molecule has 6 nitrogen and oxygen atoms in total. The zero-order valence-electron chi connectivity index (χ0n) is 15.1. The molecule has 1 amide bonds. The predicted molar refractivity (Wildman–Crippen MR) is 108 cm³/mol. The van der Waals surface area contributed by atoms with Crippen LogP contribution in [0.25, 0.3) is 0 Å². The molecular weight excluding hydrogens is 358 g/mol. The number of hydrogen-bond acceptors (Lipinski definition) is 4. The van der Waals surface area contributed by atoms with Gasteiger partial charge in [0.15, 0.2) is 4.77 Å². The van der Waals surface area contributed by atoms with Crippen molar-refractivity contribution < 1.29 is 4.79 Å². The maximum absolute atomic E-state index is 12.5. The zero-order valence-corrected chi connectivity index (χ0v) is 15.9. The molecule has 1 aromatic heterocycles. The van der Waals surface area contributed by atoms with Crippen LogP contribution >= 0.6 is 12.2 Å². The third-order valence-corrected chi connectivity index (χ3v) is 4.31. The minimum atomic E-state index is -0.255. The number of carbonyl (C=O) groups is 1. The molecule has 0 aliphatic heterocycles. The van der Waals surface area contributed by atoms with Gasteiger partial charge in [-0.15, -0.1) is 0 Å². The van der Waals surface area contributed by atoms with E-state index in [1.54, 1.807) is 4.57 Å². The molecule has 0 fully saturated rings. The number of carbonyl (C=O) groups excluding carboxylic acids is 1. The quantitative estimate of drug-likeness (QED) is 0.375. The third kappa shape index (κ3) is 4.77. The highest BCUT2D eigenvalue weighted by Gasteiger charge is 2.11. The smallest absolute Gasteiger partial charge is 0.260 e. The summed E-state index contributed by atoms with van der Waals surface area (Å²) in [5.41, 5.74) is 5.21. The maximum atomic E-state index is 12.5. The van der Waals surface area contributed by atoms with Crippen LogP contribution in [0.3, 0.4) is 0 Å². The first-order chi connectivity index (χ1) is 13.2. The number of rotatable bonds is 7. The van der Waals surface area contributed by atoms with E-state index < -0.39 is 0 Å². The van der Waals surface area contributed by atoms with Gasteiger partial charge in [-0.1, -0.05) is 67.6 Å². The highest BCUT2D eigenvalue weighted by Crippen LogP contribution is 2.10. The number of nitrogens with one attached hydrogen (secondary N) is 2. The van der Waals surface area contributed by atoms with Gasteiger partial charge < -0.3 is 0 Å². The molecule has 0 saturated heterocycles. The summed E-state index contributed by atoms with van der Waals surface area (Å²) in [7, 11) is 0. The molecule has 0 aliphatic rings. The highest BCUT2D eigenvalue weighted by molar-refractivity contribution is 7.71. The zero-order chi connectivity index (χ0) is 19.1. The molecule has 3 rings (SSSR count). The number of aromatic amines is 1. The Morgan fingerprint density at radius 3 is 2.26 bits per heavy atom. The molecule has 0 spiro atoms. The van der Waals surface area contributed by atoms with Gasteiger partial charge in [-0.2, -0.15) is 10.2 Å². The van der Waals surface area contributed by atoms with E-state index in [4.69, 9.17) is 12.2 Å². The van der Waals surface area contributed by atoms with E-state index in [0.29, 0.717) is 10.5 Å². The lowest BCUT2D eigenvalue weighted by Crippen LogP contribution is -2.26. The van der Waals surface area contributed by atoms with Gasteiger partial charge in [0.1, 0.15) is 12.4 Å². The fraction of sp³-hybridized carbons (Fsp3) is 0.200. The minimum Gasteiger partial charge on any atom is -0.295 e. The molecule has 27 heavy (non-hydrogen) atoms. The summed E-state index contributed by atoms with van der Waals surface area (Å²) in [5.74, 6) is 0.516. The lowest BCUT2D eigenvalue weighted by molar-refractivity contribution is -0.121. The number of aromatic nitrogens is 3. The number of benzene rings is 2. The van der Waals surface area contributed by atoms with Crippen LogP contribution in [-0.2, 0) is 17.8 Å². The third-order valence-electron chi connectivity index (χ3n) is 4.00. The van der Waals surface area contributed by atoms with Crippen molar-refractivity contribution in [1.29, 1.82) is 0 Å². The van der Waals surface area contributed by atoms with Crippen molar-refractivity contribution in [2.45, 2.75) is 26.3 Å². The van der Waals surface area contributed by atoms with E-state index in [1.807, 2.05) is 60.7 Å². The second-order valence-electron chi connectivity index (χ2n) is 6.01. The van der Waals surface area contributed by atoms with Gasteiger partial charge >= 0.3 is 0 Å². The predicted octanol–water partition coefficient (Wildman–Crippen LogP) is 3.46. The van der Waals surface area contributed by atoms with E-state index >= 15 is 0 Å². The van der Waals surface area contributed by atoms with Crippen LogP contribution in [0.15, 0.2) is 65.8 Å². The van der Waals surface area contributed by atoms with Gasteiger partial charge in [-0.3, -0.25) is 14.5 Å². The molecule has 0 bridgehead atoms. The summed E-state index contributed by atoms with van der Waals surface area (Å²) in [5, 5.41) is 11.3. The standard InChI is InChI=1S/C20H21N5OS/c1-2-9-17-21-24-20(27)25(17)14-18(26)22-23-19(15-10-5-3-6-11-15)16-12-7-4-8-13-16/h3-8,10-13H,2,9,14H2,1H3,(H,22,26)(H,24,27). The normalized spacial score (nSPS) is 10.4. The first-order valence-electron chi connectivity index (χ1n) is 8.80. The van der Waals surface area contributed by atoms with Crippen LogP contribution in [0.2, 0.25) is 0 Å². The van der Waals surface area contributed by atoms with Crippen LogP contribution < -0.4 is 5.43 Å². The summed E-state index contributed by atoms with van der Waals surface area (Å²) in [6.45, 7) is 2.13. The Morgan fingerprint density at radius 1 is 1.11 bits per heavy atom. The fourth-order valence-electron chi connectivity index (χ4n) is 2.71. The second-order valence-corrected chi connectivity index (χ2v) is 6.40. The summed E-state index contributed by atoms with van der Waals surface area (Å²) in [6, 6.07) is 19.5. The number of amides is 1. The molecule has 3 aromatic rings. The lowest BCUT2D eigenvalue weighted by Gasteiger charge is -2.09. The Hall–Kier alpha value is -3.06. The van der Waals surface area contributed by atoms with Crippen LogP contribution in [-0.4, -0.2) is 26.4 Å². The van der Waals surface area contributed by atoms with Crippen LogP contribution in [0.4, 0.5) is 0 Å². The van der Waals surface area contributed by atoms with Crippen molar-refractivity contribution in [3.8, 4) is 0 Å². The summed E-state index contributed by atoms with van der Waals surface area (Å²) >= 11 is 5.22. The Labute approximate surface area is 162 Å². The molecule has 0 saturated carbocycles. The van der Waals surface area contributed by atoms with E-state index in [-0.39, 0.29) is 12.5 Å². The minimum absolute atomic E-state index is 0.0744. The highest BCUT2D eigenvalue weighted by atomic mass is 32.1. The summed E-state index contributed by atoms with van der Waals surface area (Å²) in [4.78, 5) is 12.5. The molecule has 0 unspecified atom stereocenters. The van der Waals surface area contributed by atoms with E-state index in [9.17, 15) is 4.79 Å². The molecule has 0 atom stereocenters.